The van der Waals surface area contributed by atoms with Crippen LogP contribution in [-0.4, -0.2) is 19.1 Å². The van der Waals surface area contributed by atoms with Crippen molar-refractivity contribution in [2.24, 2.45) is 11.8 Å². The number of hydrogen-bond acceptors (Lipinski definition) is 3. The molecule has 0 unspecified atom stereocenters. The number of aromatic carboxylic acids is 1. The third-order valence-electron chi connectivity index (χ3n) is 2.12. The Kier molecular flexibility index (Phi) is 9.44. The lowest BCUT2D eigenvalue weighted by Gasteiger charge is -2.05. The number of carbonyl (C=O) groups is 1. The summed E-state index contributed by atoms with van der Waals surface area (Å²) in [4.78, 5) is 10.2. The van der Waals surface area contributed by atoms with E-state index in [-0.39, 0.29) is 14.2 Å². The first-order valence-electron chi connectivity index (χ1n) is 6.21. The van der Waals surface area contributed by atoms with Crippen molar-refractivity contribution in [2.75, 3.05) is 13.1 Å². The van der Waals surface area contributed by atoms with E-state index in [0.29, 0.717) is 0 Å². The molecule has 0 amide bonds. The van der Waals surface area contributed by atoms with Crippen molar-refractivity contribution in [1.82, 2.24) is 0 Å². The second-order valence-corrected chi connectivity index (χ2v) is 7.13. The van der Waals surface area contributed by atoms with Crippen LogP contribution in [0.3, 0.4) is 0 Å². The Labute approximate surface area is 128 Å². The topological polar surface area (TPSA) is 56.7 Å². The number of quaternary nitrogens is 1. The van der Waals surface area contributed by atoms with Gasteiger partial charge in [-0.05, 0) is 6.07 Å². The summed E-state index contributed by atoms with van der Waals surface area (Å²) >= 11 is 11.8. The summed E-state index contributed by atoms with van der Waals surface area (Å²) in [6, 6.07) is 1.27. The molecule has 19 heavy (non-hydrogen) atoms. The van der Waals surface area contributed by atoms with Gasteiger partial charge in [0.1, 0.15) is 4.34 Å². The van der Waals surface area contributed by atoms with Crippen LogP contribution in [0.5, 0.6) is 0 Å². The molecule has 0 radical (unpaired) electrons. The summed E-state index contributed by atoms with van der Waals surface area (Å²) in [6.07, 6.45) is 0. The summed E-state index contributed by atoms with van der Waals surface area (Å²) < 4.78 is 0.279. The molecular formula is C13H21Cl2NO2S. The van der Waals surface area contributed by atoms with E-state index >= 15 is 0 Å². The first kappa shape index (κ1) is 18.7. The average molecular weight is 326 g/mol. The Balaban J connectivity index is 0.000000344. The Bertz CT molecular complexity index is 364. The Hall–Kier alpha value is -0.290. The maximum atomic E-state index is 10.1. The largest absolute Gasteiger partial charge is 0.544 e. The zero-order valence-corrected chi connectivity index (χ0v) is 14.0. The molecule has 0 saturated heterocycles. The van der Waals surface area contributed by atoms with Gasteiger partial charge in [0, 0.05) is 11.8 Å². The molecule has 1 aromatic rings. The summed E-state index contributed by atoms with van der Waals surface area (Å²) in [5.74, 6) is 0.422. The number of nitrogens with two attached hydrogens (primary N) is 1. The second-order valence-electron chi connectivity index (χ2n) is 5.07. The fourth-order valence-electron chi connectivity index (χ4n) is 1.21. The number of carboxylic acid groups (broad SMARTS) is 1. The second kappa shape index (κ2) is 9.59. The van der Waals surface area contributed by atoms with Gasteiger partial charge in [0.25, 0.3) is 0 Å². The third-order valence-corrected chi connectivity index (χ3v) is 3.97. The smallest absolute Gasteiger partial charge is 0.112 e. The van der Waals surface area contributed by atoms with Gasteiger partial charge < -0.3 is 15.2 Å². The summed E-state index contributed by atoms with van der Waals surface area (Å²) in [6.45, 7) is 11.6. The molecule has 1 aromatic heterocycles. The van der Waals surface area contributed by atoms with Crippen LogP contribution in [0.2, 0.25) is 9.36 Å². The summed E-state index contributed by atoms with van der Waals surface area (Å²) in [7, 11) is 0. The van der Waals surface area contributed by atoms with Gasteiger partial charge in [-0.2, -0.15) is 0 Å². The van der Waals surface area contributed by atoms with Crippen LogP contribution < -0.4 is 10.4 Å². The molecule has 0 saturated carbocycles. The number of carboxylic acids is 1. The van der Waals surface area contributed by atoms with Crippen molar-refractivity contribution in [2.45, 2.75) is 27.7 Å². The van der Waals surface area contributed by atoms with Gasteiger partial charge in [-0.25, -0.2) is 0 Å². The maximum Gasteiger partial charge on any atom is 0.112 e. The number of halogens is 2. The minimum atomic E-state index is -1.25. The van der Waals surface area contributed by atoms with Crippen molar-refractivity contribution < 1.29 is 15.2 Å². The molecule has 2 N–H and O–H groups in total. The van der Waals surface area contributed by atoms with Crippen molar-refractivity contribution in [1.29, 1.82) is 0 Å². The number of thiophene rings is 1. The normalized spacial score (nSPS) is 10.5. The first-order valence-corrected chi connectivity index (χ1v) is 7.79. The zero-order chi connectivity index (χ0) is 15.0. The zero-order valence-electron chi connectivity index (χ0n) is 11.7. The minimum absolute atomic E-state index is 0.0509. The highest BCUT2D eigenvalue weighted by atomic mass is 35.5. The van der Waals surface area contributed by atoms with Crippen molar-refractivity contribution in [3.8, 4) is 0 Å². The molecule has 0 atom stereocenters. The molecule has 0 spiro atoms. The van der Waals surface area contributed by atoms with Crippen LogP contribution in [0.1, 0.15) is 37.4 Å². The molecule has 1 heterocycles. The predicted molar refractivity (Wildman–Crippen MR) is 80.0 cm³/mol. The van der Waals surface area contributed by atoms with E-state index in [1.54, 1.807) is 0 Å². The molecule has 6 heteroatoms. The van der Waals surface area contributed by atoms with Crippen LogP contribution in [-0.2, 0) is 0 Å². The van der Waals surface area contributed by atoms with E-state index in [0.717, 1.165) is 23.2 Å². The molecule has 3 nitrogen and oxygen atoms in total. The Morgan fingerprint density at radius 2 is 1.74 bits per heavy atom. The maximum absolute atomic E-state index is 10.1. The number of carbonyl (C=O) groups excluding carboxylic acids is 1. The molecule has 110 valence electrons. The van der Waals surface area contributed by atoms with Gasteiger partial charge in [0.05, 0.1) is 29.0 Å². The van der Waals surface area contributed by atoms with Gasteiger partial charge in [-0.1, -0.05) is 50.9 Å². The van der Waals surface area contributed by atoms with Gasteiger partial charge in [0.2, 0.25) is 0 Å². The van der Waals surface area contributed by atoms with Crippen LogP contribution in [0.4, 0.5) is 0 Å². The van der Waals surface area contributed by atoms with E-state index in [4.69, 9.17) is 23.2 Å². The van der Waals surface area contributed by atoms with Crippen molar-refractivity contribution >= 4 is 40.5 Å². The van der Waals surface area contributed by atoms with Crippen LogP contribution in [0.25, 0.3) is 0 Å². The highest BCUT2D eigenvalue weighted by Gasteiger charge is 2.04. The summed E-state index contributed by atoms with van der Waals surface area (Å²) in [5.41, 5.74) is 0. The number of hydrogen-bond donors (Lipinski definition) is 1. The monoisotopic (exact) mass is 325 g/mol. The fraction of sp³-hybridized carbons (Fsp3) is 0.615. The lowest BCUT2D eigenvalue weighted by molar-refractivity contribution is -0.664. The van der Waals surface area contributed by atoms with Crippen LogP contribution >= 0.6 is 34.5 Å². The predicted octanol–water partition coefficient (Wildman–Crippen LogP) is 2.28. The van der Waals surface area contributed by atoms with Gasteiger partial charge in [-0.3, -0.25) is 0 Å². The molecule has 0 aliphatic carbocycles. The summed E-state index contributed by atoms with van der Waals surface area (Å²) in [5, 5.41) is 12.8. The average Bonchev–Trinajstić information content (AvgIpc) is 2.59. The SMILES string of the molecule is CC(C)C[NH2+]CC(C)C.O=C([O-])c1cc(Cl)c(Cl)s1. The quantitative estimate of drug-likeness (QED) is 0.902. The molecule has 0 aromatic carbocycles. The lowest BCUT2D eigenvalue weighted by atomic mass is 10.2. The highest BCUT2D eigenvalue weighted by molar-refractivity contribution is 7.18. The molecule has 0 bridgehead atoms. The highest BCUT2D eigenvalue weighted by Crippen LogP contribution is 2.30. The van der Waals surface area contributed by atoms with E-state index in [1.807, 2.05) is 0 Å². The minimum Gasteiger partial charge on any atom is -0.544 e. The molecule has 0 fully saturated rings. The van der Waals surface area contributed by atoms with Gasteiger partial charge >= 0.3 is 0 Å². The molecule has 0 aliphatic heterocycles. The van der Waals surface area contributed by atoms with Gasteiger partial charge in [-0.15, -0.1) is 11.3 Å². The van der Waals surface area contributed by atoms with E-state index in [1.165, 1.54) is 19.2 Å². The molecule has 1 rings (SSSR count). The molecule has 0 aliphatic rings. The fourth-order valence-corrected chi connectivity index (χ4v) is 2.41. The Morgan fingerprint density at radius 1 is 1.26 bits per heavy atom. The first-order chi connectivity index (χ1) is 8.73. The van der Waals surface area contributed by atoms with Crippen molar-refractivity contribution in [3.05, 3.63) is 20.3 Å². The standard InChI is InChI=1S/C8H19N.C5H2Cl2O2S/c1-7(2)5-9-6-8(3)4;6-2-1-3(5(8)9)10-4(2)7/h7-9H,5-6H2,1-4H3;1H,(H,8,9). The number of rotatable bonds is 5. The van der Waals surface area contributed by atoms with E-state index in [2.05, 4.69) is 33.0 Å². The van der Waals surface area contributed by atoms with Crippen molar-refractivity contribution in [3.63, 3.8) is 0 Å². The van der Waals surface area contributed by atoms with E-state index in [9.17, 15) is 9.90 Å². The van der Waals surface area contributed by atoms with E-state index < -0.39 is 5.97 Å². The lowest BCUT2D eigenvalue weighted by Crippen LogP contribution is -2.86. The van der Waals surface area contributed by atoms with Gasteiger partial charge in [0.15, 0.2) is 0 Å². The third kappa shape index (κ3) is 9.27. The van der Waals surface area contributed by atoms with Crippen LogP contribution in [0, 0.1) is 11.8 Å². The molecular weight excluding hydrogens is 305 g/mol. The van der Waals surface area contributed by atoms with Crippen LogP contribution in [0.15, 0.2) is 6.07 Å². The Morgan fingerprint density at radius 3 is 1.95 bits per heavy atom.